The van der Waals surface area contributed by atoms with Crippen molar-refractivity contribution in [1.82, 2.24) is 0 Å². The Morgan fingerprint density at radius 3 is 1.34 bits per heavy atom. The van der Waals surface area contributed by atoms with Gasteiger partial charge in [0.2, 0.25) is 0 Å². The molecule has 0 bridgehead atoms. The number of carbonyl (C=O) groups is 3. The first kappa shape index (κ1) is 58.0. The van der Waals surface area contributed by atoms with E-state index in [0.29, 0.717) is 12.8 Å². The van der Waals surface area contributed by atoms with Gasteiger partial charge in [0, 0.05) is 12.8 Å². The SMILES string of the molecule is CC/C=C\C/C=C\C/C=C\C/C=C\C/C=C\CC(=O)OC(COCCC(C(=O)[O-])[N+](C)(C)C)COC(=O)CCCCCCCCCCCC/C=C\C/C=C\C/C=C\C/C=C\CC. The van der Waals surface area contributed by atoms with Gasteiger partial charge in [-0.2, -0.15) is 0 Å². The third kappa shape index (κ3) is 41.3. The molecule has 0 aliphatic rings. The Morgan fingerprint density at radius 1 is 0.500 bits per heavy atom. The maximum atomic E-state index is 12.7. The third-order valence-corrected chi connectivity index (χ3v) is 9.94. The molecule has 8 nitrogen and oxygen atoms in total. The minimum absolute atomic E-state index is 0.00706. The molecule has 350 valence electrons. The van der Waals surface area contributed by atoms with E-state index < -0.39 is 24.1 Å². The largest absolute Gasteiger partial charge is 0.544 e. The summed E-state index contributed by atoms with van der Waals surface area (Å²) in [5, 5.41) is 11.6. The molecule has 0 heterocycles. The van der Waals surface area contributed by atoms with Gasteiger partial charge < -0.3 is 28.6 Å². The van der Waals surface area contributed by atoms with Crippen molar-refractivity contribution in [3.63, 3.8) is 0 Å². The van der Waals surface area contributed by atoms with Gasteiger partial charge in [0.15, 0.2) is 6.10 Å². The minimum Gasteiger partial charge on any atom is -0.544 e. The summed E-state index contributed by atoms with van der Waals surface area (Å²) in [5.74, 6) is -1.91. The number of likely N-dealkylation sites (N-methyl/N-ethyl adjacent to an activating group) is 1. The van der Waals surface area contributed by atoms with Gasteiger partial charge in [-0.1, -0.05) is 175 Å². The molecule has 0 rings (SSSR count). The topological polar surface area (TPSA) is 102 Å². The fraction of sp³-hybridized carbons (Fsp3) is 0.611. The van der Waals surface area contributed by atoms with E-state index >= 15 is 0 Å². The van der Waals surface area contributed by atoms with E-state index in [-0.39, 0.29) is 43.1 Å². The number of unbranched alkanes of at least 4 members (excludes halogenated alkanes) is 10. The number of nitrogens with zero attached hydrogens (tertiary/aromatic N) is 1. The van der Waals surface area contributed by atoms with Crippen molar-refractivity contribution in [2.24, 2.45) is 0 Å². The zero-order valence-electron chi connectivity index (χ0n) is 39.7. The van der Waals surface area contributed by atoms with Gasteiger partial charge in [-0.15, -0.1) is 0 Å². The fourth-order valence-corrected chi connectivity index (χ4v) is 6.31. The van der Waals surface area contributed by atoms with Crippen LogP contribution < -0.4 is 5.11 Å². The highest BCUT2D eigenvalue weighted by atomic mass is 16.6. The number of quaternary nitrogens is 1. The summed E-state index contributed by atoms with van der Waals surface area (Å²) in [6, 6.07) is -0.749. The molecule has 0 fully saturated rings. The highest BCUT2D eigenvalue weighted by Crippen LogP contribution is 2.13. The first-order chi connectivity index (χ1) is 30.1. The summed E-state index contributed by atoms with van der Waals surface area (Å²) >= 11 is 0. The van der Waals surface area contributed by atoms with E-state index in [4.69, 9.17) is 14.2 Å². The van der Waals surface area contributed by atoms with Gasteiger partial charge in [-0.25, -0.2) is 0 Å². The molecule has 0 spiro atoms. The zero-order chi connectivity index (χ0) is 45.6. The standard InChI is InChI=1S/C54H87NO7/c1-6-8-10-12-14-16-18-20-22-23-24-25-26-27-28-29-31-32-34-36-38-40-42-44-52(56)61-49-50(48-60-47-46-51(54(58)59)55(3,4)5)62-53(57)45-43-41-39-37-35-33-30-21-19-17-15-13-11-9-7-2/h8-11,14-17,20-22,24-25,30,35,37,41,43,50-51H,6-7,12-13,18-19,23,26-29,31-34,36,38-40,42,44-49H2,1-5H3/b10-8-,11-9-,16-14-,17-15-,22-20-,25-24-,30-21-,37-35-,43-41-. The molecule has 2 atom stereocenters. The normalized spacial score (nSPS) is 13.9. The third-order valence-electron chi connectivity index (χ3n) is 9.94. The van der Waals surface area contributed by atoms with Gasteiger partial charge in [-0.3, -0.25) is 9.59 Å². The van der Waals surface area contributed by atoms with E-state index in [0.717, 1.165) is 77.0 Å². The van der Waals surface area contributed by atoms with Gasteiger partial charge in [0.25, 0.3) is 0 Å². The smallest absolute Gasteiger partial charge is 0.310 e. The molecule has 2 unspecified atom stereocenters. The number of ether oxygens (including phenoxy) is 3. The van der Waals surface area contributed by atoms with Crippen LogP contribution in [0.3, 0.4) is 0 Å². The number of esters is 2. The van der Waals surface area contributed by atoms with Crippen molar-refractivity contribution < 1.29 is 38.2 Å². The van der Waals surface area contributed by atoms with Gasteiger partial charge in [0.05, 0.1) is 46.7 Å². The molecule has 0 aromatic carbocycles. The van der Waals surface area contributed by atoms with Crippen LogP contribution in [-0.2, 0) is 28.6 Å². The van der Waals surface area contributed by atoms with E-state index in [9.17, 15) is 19.5 Å². The summed E-state index contributed by atoms with van der Waals surface area (Å²) in [6.45, 7) is 4.31. The zero-order valence-corrected chi connectivity index (χ0v) is 39.7. The lowest BCUT2D eigenvalue weighted by molar-refractivity contribution is -0.889. The molecular formula is C54H87NO7. The molecule has 0 saturated heterocycles. The number of aliphatic carboxylic acids is 1. The minimum atomic E-state index is -1.14. The molecule has 0 aromatic heterocycles. The Morgan fingerprint density at radius 2 is 0.903 bits per heavy atom. The summed E-state index contributed by atoms with van der Waals surface area (Å²) in [5.41, 5.74) is 0. The maximum Gasteiger partial charge on any atom is 0.310 e. The Labute approximate surface area is 378 Å². The monoisotopic (exact) mass is 862 g/mol. The first-order valence-electron chi connectivity index (χ1n) is 23.9. The highest BCUT2D eigenvalue weighted by Gasteiger charge is 2.25. The lowest BCUT2D eigenvalue weighted by Crippen LogP contribution is -2.55. The number of carboxylic acid groups (broad SMARTS) is 1. The fourth-order valence-electron chi connectivity index (χ4n) is 6.31. The molecular weight excluding hydrogens is 775 g/mol. The van der Waals surface area contributed by atoms with Crippen molar-refractivity contribution in [2.45, 2.75) is 174 Å². The van der Waals surface area contributed by atoms with Gasteiger partial charge in [-0.05, 0) is 77.0 Å². The Bertz CT molecular complexity index is 1370. The van der Waals surface area contributed by atoms with Crippen molar-refractivity contribution in [3.05, 3.63) is 109 Å². The van der Waals surface area contributed by atoms with E-state index in [1.807, 2.05) is 6.08 Å². The molecule has 8 heteroatoms. The van der Waals surface area contributed by atoms with Crippen LogP contribution in [0.1, 0.15) is 162 Å². The molecule has 0 N–H and O–H groups in total. The number of hydrogen-bond acceptors (Lipinski definition) is 7. The average Bonchev–Trinajstić information content (AvgIpc) is 3.23. The first-order valence-corrected chi connectivity index (χ1v) is 23.9. The van der Waals surface area contributed by atoms with Crippen LogP contribution in [0.4, 0.5) is 0 Å². The Hall–Kier alpha value is -4.01. The van der Waals surface area contributed by atoms with Crippen molar-refractivity contribution >= 4 is 17.9 Å². The summed E-state index contributed by atoms with van der Waals surface area (Å²) in [6.07, 6.45) is 60.1. The number of carboxylic acids is 1. The second-order valence-electron chi connectivity index (χ2n) is 16.6. The van der Waals surface area contributed by atoms with Crippen LogP contribution in [0.25, 0.3) is 0 Å². The number of rotatable bonds is 41. The Balaban J connectivity index is 4.36. The number of hydrogen-bond donors (Lipinski definition) is 0. The van der Waals surface area contributed by atoms with E-state index in [1.54, 1.807) is 27.2 Å². The molecule has 0 aliphatic heterocycles. The average molecular weight is 862 g/mol. The van der Waals surface area contributed by atoms with Crippen LogP contribution in [0.15, 0.2) is 109 Å². The second-order valence-corrected chi connectivity index (χ2v) is 16.6. The van der Waals surface area contributed by atoms with Crippen LogP contribution in [0.5, 0.6) is 0 Å². The van der Waals surface area contributed by atoms with E-state index in [2.05, 4.69) is 111 Å². The molecule has 0 radical (unpaired) electrons. The molecule has 0 saturated carbocycles. The predicted molar refractivity (Wildman–Crippen MR) is 258 cm³/mol. The highest BCUT2D eigenvalue weighted by molar-refractivity contribution is 5.71. The lowest BCUT2D eigenvalue weighted by Gasteiger charge is -2.34. The van der Waals surface area contributed by atoms with Crippen LogP contribution in [-0.4, -0.2) is 75.5 Å². The van der Waals surface area contributed by atoms with Crippen LogP contribution >= 0.6 is 0 Å². The van der Waals surface area contributed by atoms with Crippen molar-refractivity contribution in [3.8, 4) is 0 Å². The van der Waals surface area contributed by atoms with Crippen LogP contribution in [0.2, 0.25) is 0 Å². The van der Waals surface area contributed by atoms with Crippen molar-refractivity contribution in [2.75, 3.05) is 41.0 Å². The quantitative estimate of drug-likeness (QED) is 0.0261. The number of allylic oxidation sites excluding steroid dienone is 17. The lowest BCUT2D eigenvalue weighted by atomic mass is 10.1. The second kappa shape index (κ2) is 43.6. The van der Waals surface area contributed by atoms with Crippen molar-refractivity contribution in [1.29, 1.82) is 0 Å². The Kier molecular flexibility index (Phi) is 40.8. The maximum absolute atomic E-state index is 12.7. The summed E-state index contributed by atoms with van der Waals surface area (Å²) < 4.78 is 17.1. The van der Waals surface area contributed by atoms with Gasteiger partial charge >= 0.3 is 11.9 Å². The summed E-state index contributed by atoms with van der Waals surface area (Å²) in [7, 11) is 5.37. The number of carbonyl (C=O) groups excluding carboxylic acids is 3. The predicted octanol–water partition coefficient (Wildman–Crippen LogP) is 12.3. The molecule has 0 aliphatic carbocycles. The molecule has 0 aromatic rings. The molecule has 62 heavy (non-hydrogen) atoms. The van der Waals surface area contributed by atoms with Gasteiger partial charge in [0.1, 0.15) is 12.6 Å². The summed E-state index contributed by atoms with van der Waals surface area (Å²) in [4.78, 5) is 36.9. The molecule has 0 amide bonds. The van der Waals surface area contributed by atoms with E-state index in [1.165, 1.54) is 44.9 Å². The van der Waals surface area contributed by atoms with Crippen LogP contribution in [0, 0.1) is 0 Å².